The van der Waals surface area contributed by atoms with Gasteiger partial charge in [0.2, 0.25) is 0 Å². The standard InChI is InChI=1S/C20H20N4O2/c1-11-7-12(2)9-16(8-11)23-19(25)17-18(20(23)26)24(22-21-17)15-6-5-13(3)14(4)10-15/h5-10,17-18H,1-4H3/t17-,18+/m0/s1. The van der Waals surface area contributed by atoms with Gasteiger partial charge in [0.25, 0.3) is 11.8 Å². The zero-order valence-corrected chi connectivity index (χ0v) is 15.2. The second-order valence-electron chi connectivity index (χ2n) is 7.07. The zero-order chi connectivity index (χ0) is 18.6. The van der Waals surface area contributed by atoms with E-state index in [0.717, 1.165) is 27.9 Å². The number of amides is 2. The summed E-state index contributed by atoms with van der Waals surface area (Å²) in [6.07, 6.45) is 0. The van der Waals surface area contributed by atoms with Crippen LogP contribution in [0.15, 0.2) is 46.7 Å². The lowest BCUT2D eigenvalue weighted by atomic mass is 10.1. The lowest BCUT2D eigenvalue weighted by Gasteiger charge is -2.21. The number of anilines is 2. The van der Waals surface area contributed by atoms with E-state index in [9.17, 15) is 9.59 Å². The van der Waals surface area contributed by atoms with Crippen molar-refractivity contribution in [3.8, 4) is 0 Å². The number of imide groups is 1. The summed E-state index contributed by atoms with van der Waals surface area (Å²) >= 11 is 0. The summed E-state index contributed by atoms with van der Waals surface area (Å²) in [6, 6.07) is 10.1. The Morgan fingerprint density at radius 1 is 0.808 bits per heavy atom. The van der Waals surface area contributed by atoms with Crippen molar-refractivity contribution in [2.75, 3.05) is 9.91 Å². The molecule has 2 aliphatic rings. The number of carbonyl (C=O) groups is 2. The quantitative estimate of drug-likeness (QED) is 0.781. The Morgan fingerprint density at radius 3 is 2.15 bits per heavy atom. The molecule has 0 aromatic heterocycles. The number of fused-ring (bicyclic) bond motifs is 1. The van der Waals surface area contributed by atoms with E-state index in [-0.39, 0.29) is 11.8 Å². The maximum Gasteiger partial charge on any atom is 0.263 e. The first-order valence-electron chi connectivity index (χ1n) is 8.60. The van der Waals surface area contributed by atoms with Gasteiger partial charge in [-0.1, -0.05) is 17.4 Å². The van der Waals surface area contributed by atoms with Crippen molar-refractivity contribution in [3.63, 3.8) is 0 Å². The summed E-state index contributed by atoms with van der Waals surface area (Å²) in [5.74, 6) is -0.603. The number of rotatable bonds is 2. The predicted molar refractivity (Wildman–Crippen MR) is 99.2 cm³/mol. The molecule has 0 radical (unpaired) electrons. The van der Waals surface area contributed by atoms with E-state index in [0.29, 0.717) is 5.69 Å². The Hall–Kier alpha value is -3.02. The van der Waals surface area contributed by atoms with Crippen molar-refractivity contribution in [1.82, 2.24) is 0 Å². The van der Waals surface area contributed by atoms with E-state index in [1.807, 2.05) is 64.1 Å². The molecule has 0 saturated carbocycles. The van der Waals surface area contributed by atoms with Crippen molar-refractivity contribution in [2.24, 2.45) is 10.3 Å². The Kier molecular flexibility index (Phi) is 3.64. The van der Waals surface area contributed by atoms with Gasteiger partial charge in [-0.3, -0.25) is 9.59 Å². The number of benzene rings is 2. The summed E-state index contributed by atoms with van der Waals surface area (Å²) in [4.78, 5) is 27.2. The minimum absolute atomic E-state index is 0.284. The van der Waals surface area contributed by atoms with Gasteiger partial charge >= 0.3 is 0 Å². The van der Waals surface area contributed by atoms with E-state index in [1.54, 1.807) is 5.01 Å². The fourth-order valence-electron chi connectivity index (χ4n) is 3.58. The van der Waals surface area contributed by atoms with Crippen LogP contribution in [0.4, 0.5) is 11.4 Å². The molecular formula is C20H20N4O2. The van der Waals surface area contributed by atoms with Crippen LogP contribution in [0.2, 0.25) is 0 Å². The molecule has 2 aromatic carbocycles. The monoisotopic (exact) mass is 348 g/mol. The van der Waals surface area contributed by atoms with Crippen molar-refractivity contribution in [2.45, 2.75) is 39.8 Å². The molecule has 0 unspecified atom stereocenters. The van der Waals surface area contributed by atoms with Gasteiger partial charge in [0.15, 0.2) is 12.1 Å². The molecule has 26 heavy (non-hydrogen) atoms. The van der Waals surface area contributed by atoms with Gasteiger partial charge in [-0.2, -0.15) is 5.11 Å². The van der Waals surface area contributed by atoms with Crippen LogP contribution in [0, 0.1) is 27.7 Å². The smallest absolute Gasteiger partial charge is 0.263 e. The summed E-state index contributed by atoms with van der Waals surface area (Å²) in [7, 11) is 0. The van der Waals surface area contributed by atoms with Gasteiger partial charge in [0.1, 0.15) is 0 Å². The minimum Gasteiger partial charge on any atom is -0.271 e. The molecule has 6 heteroatoms. The minimum atomic E-state index is -0.787. The number of hydrogen-bond donors (Lipinski definition) is 0. The second kappa shape index (κ2) is 5.76. The maximum atomic E-state index is 13.1. The van der Waals surface area contributed by atoms with Crippen LogP contribution in [0.5, 0.6) is 0 Å². The number of carbonyl (C=O) groups excluding carboxylic acids is 2. The van der Waals surface area contributed by atoms with Gasteiger partial charge in [0, 0.05) is 0 Å². The van der Waals surface area contributed by atoms with Crippen LogP contribution in [0.3, 0.4) is 0 Å². The van der Waals surface area contributed by atoms with Crippen LogP contribution in [0.25, 0.3) is 0 Å². The molecule has 2 aromatic rings. The highest BCUT2D eigenvalue weighted by atomic mass is 16.2. The fourth-order valence-corrected chi connectivity index (χ4v) is 3.58. The van der Waals surface area contributed by atoms with E-state index < -0.39 is 12.1 Å². The third kappa shape index (κ3) is 2.41. The molecule has 2 aliphatic heterocycles. The lowest BCUT2D eigenvalue weighted by molar-refractivity contribution is -0.121. The second-order valence-corrected chi connectivity index (χ2v) is 7.07. The molecule has 1 fully saturated rings. The molecular weight excluding hydrogens is 328 g/mol. The Bertz CT molecular complexity index is 946. The Balaban J connectivity index is 1.72. The average molecular weight is 348 g/mol. The molecule has 1 saturated heterocycles. The van der Waals surface area contributed by atoms with Crippen LogP contribution < -0.4 is 9.91 Å². The van der Waals surface area contributed by atoms with Gasteiger partial charge in [-0.25, -0.2) is 9.91 Å². The van der Waals surface area contributed by atoms with Crippen molar-refractivity contribution in [3.05, 3.63) is 58.7 Å². The first kappa shape index (κ1) is 16.4. The van der Waals surface area contributed by atoms with Gasteiger partial charge in [-0.05, 0) is 74.2 Å². The topological polar surface area (TPSA) is 65.3 Å². The predicted octanol–water partition coefficient (Wildman–Crippen LogP) is 3.42. The first-order valence-corrected chi connectivity index (χ1v) is 8.60. The van der Waals surface area contributed by atoms with E-state index in [2.05, 4.69) is 10.3 Å². The van der Waals surface area contributed by atoms with Gasteiger partial charge in [0.05, 0.1) is 11.4 Å². The van der Waals surface area contributed by atoms with Crippen molar-refractivity contribution >= 4 is 23.2 Å². The summed E-state index contributed by atoms with van der Waals surface area (Å²) < 4.78 is 0. The molecule has 0 spiro atoms. The number of hydrogen-bond acceptors (Lipinski definition) is 5. The van der Waals surface area contributed by atoms with E-state index in [1.165, 1.54) is 4.90 Å². The molecule has 0 N–H and O–H groups in total. The van der Waals surface area contributed by atoms with Crippen LogP contribution in [0.1, 0.15) is 22.3 Å². The molecule has 2 atom stereocenters. The normalized spacial score (nSPS) is 21.7. The third-order valence-electron chi connectivity index (χ3n) is 5.00. The van der Waals surface area contributed by atoms with Crippen molar-refractivity contribution in [1.29, 1.82) is 0 Å². The van der Waals surface area contributed by atoms with Crippen LogP contribution >= 0.6 is 0 Å². The van der Waals surface area contributed by atoms with Gasteiger partial charge in [-0.15, -0.1) is 0 Å². The first-order chi connectivity index (χ1) is 12.4. The molecule has 132 valence electrons. The van der Waals surface area contributed by atoms with E-state index >= 15 is 0 Å². The zero-order valence-electron chi connectivity index (χ0n) is 15.2. The molecule has 2 amide bonds. The highest BCUT2D eigenvalue weighted by molar-refractivity contribution is 6.26. The number of aryl methyl sites for hydroxylation is 4. The number of nitrogens with zero attached hydrogens (tertiary/aromatic N) is 4. The van der Waals surface area contributed by atoms with Crippen LogP contribution in [-0.4, -0.2) is 23.9 Å². The van der Waals surface area contributed by atoms with Crippen molar-refractivity contribution < 1.29 is 9.59 Å². The molecule has 2 heterocycles. The maximum absolute atomic E-state index is 13.1. The molecule has 0 bridgehead atoms. The van der Waals surface area contributed by atoms with E-state index in [4.69, 9.17) is 0 Å². The SMILES string of the molecule is Cc1cc(C)cc(N2C(=O)[C@H]3N=NN(c4ccc(C)c(C)c4)[C@H]3C2=O)c1. The average Bonchev–Trinajstić information content (AvgIpc) is 3.10. The van der Waals surface area contributed by atoms with Gasteiger partial charge < -0.3 is 0 Å². The lowest BCUT2D eigenvalue weighted by Crippen LogP contribution is -2.40. The van der Waals surface area contributed by atoms with Crippen LogP contribution in [-0.2, 0) is 9.59 Å². The summed E-state index contributed by atoms with van der Waals surface area (Å²) in [5.41, 5.74) is 5.64. The third-order valence-corrected chi connectivity index (χ3v) is 5.00. The summed E-state index contributed by atoms with van der Waals surface area (Å²) in [5, 5.41) is 9.78. The molecule has 6 nitrogen and oxygen atoms in total. The Labute approximate surface area is 152 Å². The highest BCUT2D eigenvalue weighted by Crippen LogP contribution is 2.35. The largest absolute Gasteiger partial charge is 0.271 e. The highest BCUT2D eigenvalue weighted by Gasteiger charge is 2.55. The molecule has 0 aliphatic carbocycles. The Morgan fingerprint density at radius 2 is 1.50 bits per heavy atom. The fraction of sp³-hybridized carbons (Fsp3) is 0.300. The molecule has 4 rings (SSSR count). The summed E-state index contributed by atoms with van der Waals surface area (Å²) in [6.45, 7) is 7.93.